The van der Waals surface area contributed by atoms with E-state index in [2.05, 4.69) is 20.9 Å². The van der Waals surface area contributed by atoms with Crippen LogP contribution in [0.1, 0.15) is 45.2 Å². The first-order valence-electron chi connectivity index (χ1n) is 9.79. The number of ether oxygens (including phenoxy) is 2. The van der Waals surface area contributed by atoms with Crippen LogP contribution >= 0.6 is 24.0 Å². The van der Waals surface area contributed by atoms with Crippen molar-refractivity contribution in [2.75, 3.05) is 33.4 Å². The molecule has 166 valence electrons. The number of aryl methyl sites for hydroxylation is 1. The van der Waals surface area contributed by atoms with Gasteiger partial charge >= 0.3 is 0 Å². The summed E-state index contributed by atoms with van der Waals surface area (Å²) in [5.74, 6) is 1.36. The summed E-state index contributed by atoms with van der Waals surface area (Å²) in [5.41, 5.74) is 1.88. The van der Waals surface area contributed by atoms with Crippen LogP contribution in [0, 0.1) is 6.92 Å². The minimum Gasteiger partial charge on any atom is -0.493 e. The fourth-order valence-corrected chi connectivity index (χ4v) is 2.44. The van der Waals surface area contributed by atoms with Gasteiger partial charge in [0.25, 0.3) is 0 Å². The third-order valence-electron chi connectivity index (χ3n) is 3.66. The molecule has 0 unspecified atom stereocenters. The van der Waals surface area contributed by atoms with Crippen LogP contribution in [0.5, 0.6) is 5.75 Å². The molecule has 0 aliphatic heterocycles. The fraction of sp³-hybridized carbons (Fsp3) is 0.619. The number of halogens is 1. The molecular formula is C21H37IN4O3. The van der Waals surface area contributed by atoms with Crippen LogP contribution in [0.3, 0.4) is 0 Å². The van der Waals surface area contributed by atoms with Crippen molar-refractivity contribution in [3.63, 3.8) is 0 Å². The van der Waals surface area contributed by atoms with E-state index in [0.717, 1.165) is 23.3 Å². The van der Waals surface area contributed by atoms with Gasteiger partial charge in [0.15, 0.2) is 5.96 Å². The number of nitrogens with zero attached hydrogens (tertiary/aromatic N) is 1. The maximum atomic E-state index is 12.0. The number of methoxy groups -OCH3 is 1. The molecule has 1 amide bonds. The highest BCUT2D eigenvalue weighted by Gasteiger charge is 2.13. The van der Waals surface area contributed by atoms with E-state index in [1.807, 2.05) is 52.8 Å². The molecule has 0 aromatic heterocycles. The van der Waals surface area contributed by atoms with E-state index in [0.29, 0.717) is 32.3 Å². The minimum atomic E-state index is -0.259. The van der Waals surface area contributed by atoms with Gasteiger partial charge in [0.1, 0.15) is 5.75 Å². The number of carbonyl (C=O) groups excluding carboxylic acids is 1. The molecule has 1 rings (SSSR count). The van der Waals surface area contributed by atoms with Gasteiger partial charge in [0, 0.05) is 37.8 Å². The molecule has 0 saturated heterocycles. The zero-order valence-electron chi connectivity index (χ0n) is 18.6. The Labute approximate surface area is 192 Å². The zero-order valence-corrected chi connectivity index (χ0v) is 20.9. The van der Waals surface area contributed by atoms with Gasteiger partial charge in [-0.25, -0.2) is 4.99 Å². The molecule has 0 atom stereocenters. The SMILES string of the molecule is CCNC(=NCc1ccc(C)cc1OCCCOC)NCC(=O)NC(C)(C)C.I. The fourth-order valence-electron chi connectivity index (χ4n) is 2.44. The summed E-state index contributed by atoms with van der Waals surface area (Å²) in [7, 11) is 1.68. The third kappa shape index (κ3) is 12.6. The lowest BCUT2D eigenvalue weighted by Crippen LogP contribution is -2.48. The normalized spacial score (nSPS) is 11.4. The number of nitrogens with one attached hydrogen (secondary N) is 3. The van der Waals surface area contributed by atoms with Crippen LogP contribution in [0.15, 0.2) is 23.2 Å². The lowest BCUT2D eigenvalue weighted by atomic mass is 10.1. The average Bonchev–Trinajstić information content (AvgIpc) is 2.61. The number of guanidine groups is 1. The topological polar surface area (TPSA) is 84.0 Å². The van der Waals surface area contributed by atoms with E-state index < -0.39 is 0 Å². The van der Waals surface area contributed by atoms with Crippen molar-refractivity contribution in [2.24, 2.45) is 4.99 Å². The number of hydrogen-bond acceptors (Lipinski definition) is 4. The summed E-state index contributed by atoms with van der Waals surface area (Å²) in [6.45, 7) is 12.5. The summed E-state index contributed by atoms with van der Waals surface area (Å²) in [4.78, 5) is 16.6. The van der Waals surface area contributed by atoms with Crippen molar-refractivity contribution < 1.29 is 14.3 Å². The Hall–Kier alpha value is -1.55. The third-order valence-corrected chi connectivity index (χ3v) is 3.66. The van der Waals surface area contributed by atoms with Gasteiger partial charge in [-0.15, -0.1) is 24.0 Å². The molecule has 7 nitrogen and oxygen atoms in total. The lowest BCUT2D eigenvalue weighted by Gasteiger charge is -2.21. The molecule has 0 heterocycles. The Bertz CT molecular complexity index is 645. The molecule has 3 N–H and O–H groups in total. The number of amides is 1. The van der Waals surface area contributed by atoms with Crippen LogP contribution in [0.2, 0.25) is 0 Å². The highest BCUT2D eigenvalue weighted by molar-refractivity contribution is 14.0. The van der Waals surface area contributed by atoms with E-state index in [9.17, 15) is 4.79 Å². The monoisotopic (exact) mass is 520 g/mol. The molecule has 0 bridgehead atoms. The second-order valence-corrected chi connectivity index (χ2v) is 7.65. The molecule has 0 radical (unpaired) electrons. The molecule has 1 aromatic rings. The molecule has 0 fully saturated rings. The van der Waals surface area contributed by atoms with Crippen molar-refractivity contribution in [3.8, 4) is 5.75 Å². The smallest absolute Gasteiger partial charge is 0.239 e. The van der Waals surface area contributed by atoms with Crippen molar-refractivity contribution in [1.29, 1.82) is 0 Å². The second-order valence-electron chi connectivity index (χ2n) is 7.65. The lowest BCUT2D eigenvalue weighted by molar-refractivity contribution is -0.121. The maximum Gasteiger partial charge on any atom is 0.239 e. The molecule has 8 heteroatoms. The quantitative estimate of drug-likeness (QED) is 0.191. The van der Waals surface area contributed by atoms with Crippen molar-refractivity contribution >= 4 is 35.8 Å². The van der Waals surface area contributed by atoms with Crippen molar-refractivity contribution in [2.45, 2.75) is 53.1 Å². The number of aliphatic imine (C=N–C) groups is 1. The van der Waals surface area contributed by atoms with E-state index in [4.69, 9.17) is 9.47 Å². The van der Waals surface area contributed by atoms with Crippen LogP contribution in [-0.4, -0.2) is 50.8 Å². The van der Waals surface area contributed by atoms with Gasteiger partial charge in [-0.2, -0.15) is 0 Å². The van der Waals surface area contributed by atoms with Crippen molar-refractivity contribution in [3.05, 3.63) is 29.3 Å². The molecule has 0 spiro atoms. The number of carbonyl (C=O) groups is 1. The molecule has 29 heavy (non-hydrogen) atoms. The Morgan fingerprint density at radius 2 is 1.90 bits per heavy atom. The van der Waals surface area contributed by atoms with E-state index in [-0.39, 0.29) is 42.0 Å². The van der Waals surface area contributed by atoms with Crippen molar-refractivity contribution in [1.82, 2.24) is 16.0 Å². The Morgan fingerprint density at radius 3 is 2.52 bits per heavy atom. The first-order chi connectivity index (χ1) is 13.2. The summed E-state index contributed by atoms with van der Waals surface area (Å²) < 4.78 is 11.0. The maximum absolute atomic E-state index is 12.0. The highest BCUT2D eigenvalue weighted by atomic mass is 127. The number of rotatable bonds is 10. The first-order valence-corrected chi connectivity index (χ1v) is 9.79. The Balaban J connectivity index is 0.00000784. The van der Waals surface area contributed by atoms with E-state index in [1.54, 1.807) is 7.11 Å². The largest absolute Gasteiger partial charge is 0.493 e. The number of hydrogen-bond donors (Lipinski definition) is 3. The van der Waals surface area contributed by atoms with Crippen LogP contribution < -0.4 is 20.7 Å². The molecule has 1 aromatic carbocycles. The summed E-state index contributed by atoms with van der Waals surface area (Å²) in [5, 5.41) is 9.16. The van der Waals surface area contributed by atoms with Gasteiger partial charge in [0.05, 0.1) is 19.7 Å². The van der Waals surface area contributed by atoms with Crippen LogP contribution in [0.25, 0.3) is 0 Å². The molecule has 0 saturated carbocycles. The second kappa shape index (κ2) is 14.4. The summed E-state index contributed by atoms with van der Waals surface area (Å²) in [6.07, 6.45) is 0.834. The standard InChI is InChI=1S/C21H36N4O3.HI/c1-7-22-20(24-15-19(26)25-21(3,4)5)23-14-17-10-9-16(2)13-18(17)28-12-8-11-27-6;/h9-10,13H,7-8,11-12,14-15H2,1-6H3,(H,25,26)(H2,22,23,24);1H. The van der Waals surface area contributed by atoms with Gasteiger partial charge in [-0.05, 0) is 46.2 Å². The van der Waals surface area contributed by atoms with Crippen LogP contribution in [-0.2, 0) is 16.1 Å². The van der Waals surface area contributed by atoms with Gasteiger partial charge in [-0.1, -0.05) is 12.1 Å². The van der Waals surface area contributed by atoms with Gasteiger partial charge < -0.3 is 25.4 Å². The van der Waals surface area contributed by atoms with Crippen LogP contribution in [0.4, 0.5) is 0 Å². The average molecular weight is 520 g/mol. The van der Waals surface area contributed by atoms with Gasteiger partial charge in [-0.3, -0.25) is 4.79 Å². The molecular weight excluding hydrogens is 483 g/mol. The first kappa shape index (κ1) is 27.5. The van der Waals surface area contributed by atoms with E-state index in [1.165, 1.54) is 0 Å². The summed E-state index contributed by atoms with van der Waals surface area (Å²) in [6, 6.07) is 6.10. The zero-order chi connectivity index (χ0) is 21.0. The number of benzene rings is 1. The molecule has 0 aliphatic rings. The highest BCUT2D eigenvalue weighted by Crippen LogP contribution is 2.21. The predicted molar refractivity (Wildman–Crippen MR) is 129 cm³/mol. The minimum absolute atomic E-state index is 0. The Kier molecular flexibility index (Phi) is 13.7. The predicted octanol–water partition coefficient (Wildman–Crippen LogP) is 3.00. The van der Waals surface area contributed by atoms with E-state index >= 15 is 0 Å². The summed E-state index contributed by atoms with van der Waals surface area (Å²) >= 11 is 0. The molecule has 0 aliphatic carbocycles. The Morgan fingerprint density at radius 1 is 1.17 bits per heavy atom. The van der Waals surface area contributed by atoms with Gasteiger partial charge in [0.2, 0.25) is 5.91 Å².